The molecule has 19 heteroatoms. The van der Waals surface area contributed by atoms with E-state index in [0.717, 1.165) is 29.1 Å². The summed E-state index contributed by atoms with van der Waals surface area (Å²) in [4.78, 5) is 3.26. The number of anilines is 1. The number of aromatic nitrogens is 1. The summed E-state index contributed by atoms with van der Waals surface area (Å²) in [5.41, 5.74) is 6.79. The molecular weight excluding hydrogens is 689 g/mol. The fourth-order valence-corrected chi connectivity index (χ4v) is 6.42. The monoisotopic (exact) mass is 708 g/mol. The molecule has 0 amide bonds. The van der Waals surface area contributed by atoms with Gasteiger partial charge in [0.25, 0.3) is 20.2 Å². The van der Waals surface area contributed by atoms with Gasteiger partial charge in [0.1, 0.15) is 16.3 Å². The molecule has 0 saturated heterocycles. The molecule has 0 aliphatic heterocycles. The molecule has 1 heterocycles. The van der Waals surface area contributed by atoms with Crippen molar-refractivity contribution in [2.75, 3.05) is 5.73 Å². The van der Waals surface area contributed by atoms with Crippen LogP contribution in [0.5, 0.6) is 5.75 Å². The van der Waals surface area contributed by atoms with Crippen LogP contribution in [0.15, 0.2) is 120 Å². The van der Waals surface area contributed by atoms with Crippen LogP contribution in [-0.2, 0) is 29.6 Å². The third-order valence-electron chi connectivity index (χ3n) is 6.96. The Bertz CT molecular complexity index is 2550. The predicted molar refractivity (Wildman–Crippen MR) is 174 cm³/mol. The van der Waals surface area contributed by atoms with Gasteiger partial charge in [-0.2, -0.15) is 16.8 Å². The molecular formula is C29H20N6O10S3. The summed E-state index contributed by atoms with van der Waals surface area (Å²) in [5, 5.41) is 41.9. The van der Waals surface area contributed by atoms with Crippen molar-refractivity contribution in [3.8, 4) is 5.75 Å². The minimum atomic E-state index is -4.72. The van der Waals surface area contributed by atoms with Crippen LogP contribution in [0.4, 0.5) is 28.4 Å². The van der Waals surface area contributed by atoms with E-state index in [0.29, 0.717) is 28.8 Å². The Morgan fingerprint density at radius 2 is 1.48 bits per heavy atom. The Hall–Kier alpha value is -5.12. The van der Waals surface area contributed by atoms with E-state index >= 15 is 0 Å². The van der Waals surface area contributed by atoms with E-state index in [2.05, 4.69) is 34.8 Å². The first-order valence-corrected chi connectivity index (χ1v) is 16.9. The highest BCUT2D eigenvalue weighted by molar-refractivity contribution is 7.94. The summed E-state index contributed by atoms with van der Waals surface area (Å²) < 4.78 is 71.3. The van der Waals surface area contributed by atoms with Gasteiger partial charge in [-0.05, 0) is 60.0 Å². The lowest BCUT2D eigenvalue weighted by Gasteiger charge is -2.11. The molecule has 0 unspecified atom stereocenters. The van der Waals surface area contributed by atoms with E-state index in [4.69, 9.17) is 11.0 Å². The number of nitrogens with two attached hydrogens (primary N) is 1. The van der Waals surface area contributed by atoms with E-state index in [1.165, 1.54) is 30.3 Å². The fourth-order valence-electron chi connectivity index (χ4n) is 4.79. The number of hydrogen-bond donors (Lipinski definition) is 5. The molecule has 1 aromatic heterocycles. The molecule has 6 rings (SSSR count). The molecule has 16 nitrogen and oxygen atoms in total. The molecule has 0 aliphatic carbocycles. The first-order valence-electron chi connectivity index (χ1n) is 13.3. The zero-order valence-corrected chi connectivity index (χ0v) is 26.3. The highest BCUT2D eigenvalue weighted by atomic mass is 32.2. The molecule has 0 bridgehead atoms. The van der Waals surface area contributed by atoms with Gasteiger partial charge in [0.15, 0.2) is 5.75 Å². The number of pyridine rings is 1. The summed E-state index contributed by atoms with van der Waals surface area (Å²) in [6.07, 6.45) is 1.54. The molecule has 0 radical (unpaired) electrons. The zero-order chi connectivity index (χ0) is 34.2. The number of phenolic OH excluding ortho intramolecular Hbond substituents is 1. The number of aromatic hydroxyl groups is 1. The number of benzene rings is 5. The lowest BCUT2D eigenvalue weighted by atomic mass is 10.1. The van der Waals surface area contributed by atoms with E-state index in [-0.39, 0.29) is 38.1 Å². The molecule has 48 heavy (non-hydrogen) atoms. The average molecular weight is 709 g/mol. The van der Waals surface area contributed by atoms with Crippen molar-refractivity contribution in [1.82, 2.24) is 4.98 Å². The molecule has 0 fully saturated rings. The van der Waals surface area contributed by atoms with Crippen molar-refractivity contribution in [1.29, 1.82) is 0 Å². The number of rotatable bonds is 9. The fraction of sp³-hybridized carbons (Fsp3) is 0. The van der Waals surface area contributed by atoms with Crippen molar-refractivity contribution in [2.45, 2.75) is 14.7 Å². The van der Waals surface area contributed by atoms with Crippen LogP contribution in [0.1, 0.15) is 0 Å². The lowest BCUT2D eigenvalue weighted by molar-refractivity contribution is -0.432. The second kappa shape index (κ2) is 12.8. The van der Waals surface area contributed by atoms with Crippen molar-refractivity contribution in [2.24, 2.45) is 20.5 Å². The Labute approximate surface area is 274 Å². The van der Waals surface area contributed by atoms with E-state index < -0.39 is 35.8 Å². The van der Waals surface area contributed by atoms with Gasteiger partial charge in [-0.25, -0.2) is 5.26 Å². The van der Waals surface area contributed by atoms with E-state index in [1.54, 1.807) is 12.3 Å². The highest BCUT2D eigenvalue weighted by Gasteiger charge is 2.21. The van der Waals surface area contributed by atoms with Crippen LogP contribution >= 0.6 is 12.0 Å². The van der Waals surface area contributed by atoms with Crippen LogP contribution < -0.4 is 5.73 Å². The minimum Gasteiger partial charge on any atom is -0.505 e. The normalized spacial score (nSPS) is 12.6. The van der Waals surface area contributed by atoms with Crippen molar-refractivity contribution in [3.63, 3.8) is 0 Å². The minimum absolute atomic E-state index is 0.0144. The Balaban J connectivity index is 1.48. The molecule has 0 saturated carbocycles. The second-order valence-corrected chi connectivity index (χ2v) is 13.5. The van der Waals surface area contributed by atoms with Crippen LogP contribution in [-0.4, -0.2) is 41.3 Å². The lowest BCUT2D eigenvalue weighted by Crippen LogP contribution is -2.03. The predicted octanol–water partition coefficient (Wildman–Crippen LogP) is 7.58. The molecule has 0 spiro atoms. The maximum absolute atomic E-state index is 12.0. The molecule has 6 N–H and O–H groups in total. The summed E-state index contributed by atoms with van der Waals surface area (Å²) >= 11 is 0.372. The first kappa shape index (κ1) is 32.8. The number of nitrogens with zero attached hydrogens (tertiary/aromatic N) is 5. The summed E-state index contributed by atoms with van der Waals surface area (Å²) in [6, 6.07) is 19.4. The largest absolute Gasteiger partial charge is 0.505 e. The molecule has 6 aromatic rings. The van der Waals surface area contributed by atoms with E-state index in [9.17, 15) is 31.0 Å². The number of fused-ring (bicyclic) bond motifs is 3. The third kappa shape index (κ3) is 6.65. The second-order valence-electron chi connectivity index (χ2n) is 9.96. The van der Waals surface area contributed by atoms with Gasteiger partial charge >= 0.3 is 0 Å². The first-order chi connectivity index (χ1) is 22.8. The van der Waals surface area contributed by atoms with Crippen molar-refractivity contribution >= 4 is 93.2 Å². The van der Waals surface area contributed by atoms with Crippen LogP contribution in [0.25, 0.3) is 32.4 Å². The maximum atomic E-state index is 12.0. The number of hydrogen-bond acceptors (Lipinski definition) is 15. The van der Waals surface area contributed by atoms with Gasteiger partial charge < -0.3 is 10.8 Å². The van der Waals surface area contributed by atoms with Crippen LogP contribution in [0.3, 0.4) is 0 Å². The smallest absolute Gasteiger partial charge is 0.296 e. The van der Waals surface area contributed by atoms with Crippen molar-refractivity contribution in [3.05, 3.63) is 85.1 Å². The summed E-state index contributed by atoms with van der Waals surface area (Å²) in [6.45, 7) is 0. The van der Waals surface area contributed by atoms with E-state index in [1.807, 2.05) is 24.3 Å². The molecule has 0 aliphatic rings. The molecule has 5 aromatic carbocycles. The van der Waals surface area contributed by atoms with Crippen LogP contribution in [0, 0.1) is 0 Å². The standard InChI is InChI=1S/C29H20N6O10S3/c30-22-13-20-16(11-27(22)48(41,42)43)10-26(46-45-44-37)28(29(20)36)35-34-25-8-7-24(19-6-5-18(12-21(19)25)47(38,39)40)33-32-17-9-15-3-1-2-4-23(15)31-14-17/h1-14,36-37H,30H2,(H,38,39,40)(H,41,42,43)/b33-32+,35-34+. The van der Waals surface area contributed by atoms with Gasteiger partial charge in [0.05, 0.1) is 50.6 Å². The van der Waals surface area contributed by atoms with Gasteiger partial charge in [-0.1, -0.05) is 29.3 Å². The Morgan fingerprint density at radius 3 is 2.21 bits per heavy atom. The van der Waals surface area contributed by atoms with Gasteiger partial charge in [0, 0.05) is 21.5 Å². The van der Waals surface area contributed by atoms with Gasteiger partial charge in [-0.3, -0.25) is 14.1 Å². The van der Waals surface area contributed by atoms with Crippen LogP contribution in [0.2, 0.25) is 0 Å². The molecule has 244 valence electrons. The quantitative estimate of drug-likeness (QED) is 0.0242. The van der Waals surface area contributed by atoms with Gasteiger partial charge in [0.2, 0.25) is 0 Å². The third-order valence-corrected chi connectivity index (χ3v) is 9.34. The highest BCUT2D eigenvalue weighted by Crippen LogP contribution is 2.46. The SMILES string of the molecule is Nc1cc2c(O)c(/N=N/c3ccc(/N=N/c4cnc5ccccc5c4)c4ccc(S(=O)(=O)O)cc34)c(SOOO)cc2cc1S(=O)(=O)O. The Kier molecular flexibility index (Phi) is 8.76. The summed E-state index contributed by atoms with van der Waals surface area (Å²) in [7, 11) is -9.36. The number of phenols is 1. The average Bonchev–Trinajstić information content (AvgIpc) is 3.05. The number of para-hydroxylation sites is 1. The van der Waals surface area contributed by atoms with Gasteiger partial charge in [-0.15, -0.1) is 24.8 Å². The maximum Gasteiger partial charge on any atom is 0.296 e. The topological polar surface area (TPSA) is 256 Å². The Morgan fingerprint density at radius 1 is 0.750 bits per heavy atom. The number of azo groups is 2. The summed E-state index contributed by atoms with van der Waals surface area (Å²) in [5.74, 6) is -0.550. The number of nitrogen functional groups attached to an aromatic ring is 1. The zero-order valence-electron chi connectivity index (χ0n) is 23.9. The van der Waals surface area contributed by atoms with Crippen molar-refractivity contribution < 1.29 is 45.7 Å². The molecule has 0 atom stereocenters.